The number of hydrogen-bond donors (Lipinski definition) is 0. The third kappa shape index (κ3) is 3.28. The van der Waals surface area contributed by atoms with E-state index in [0.717, 1.165) is 79.1 Å². The molecule has 0 amide bonds. The first kappa shape index (κ1) is 16.9. The van der Waals surface area contributed by atoms with Crippen molar-refractivity contribution >= 4 is 26.7 Å². The molecule has 0 aliphatic carbocycles. The third-order valence-electron chi connectivity index (χ3n) is 5.19. The lowest BCUT2D eigenvalue weighted by Crippen LogP contribution is -2.51. The Labute approximate surface area is 152 Å². The zero-order valence-electron chi connectivity index (χ0n) is 14.9. The molecule has 2 aliphatic rings. The maximum atomic E-state index is 5.50. The van der Waals surface area contributed by atoms with Gasteiger partial charge in [0.05, 0.1) is 14.2 Å². The maximum absolute atomic E-state index is 5.50. The van der Waals surface area contributed by atoms with E-state index in [2.05, 4.69) is 9.80 Å². The van der Waals surface area contributed by atoms with Crippen LogP contribution in [0.15, 0.2) is 12.1 Å². The average molecular weight is 363 g/mol. The van der Waals surface area contributed by atoms with E-state index in [9.17, 15) is 0 Å². The fraction of sp³-hybridized carbons (Fsp3) is 0.611. The van der Waals surface area contributed by atoms with Crippen LogP contribution in [0.5, 0.6) is 11.5 Å². The van der Waals surface area contributed by atoms with Gasteiger partial charge in [0.1, 0.15) is 21.7 Å². The highest BCUT2D eigenvalue weighted by molar-refractivity contribution is 7.22. The maximum Gasteiger partial charge on any atom is 0.186 e. The molecule has 2 aliphatic heterocycles. The normalized spacial score (nSPS) is 20.2. The predicted octanol–water partition coefficient (Wildman–Crippen LogP) is 2.61. The summed E-state index contributed by atoms with van der Waals surface area (Å²) in [6.45, 7) is 6.03. The topological polar surface area (TPSA) is 47.1 Å². The molecule has 136 valence electrons. The van der Waals surface area contributed by atoms with Crippen LogP contribution in [0.25, 0.3) is 10.2 Å². The van der Waals surface area contributed by atoms with Gasteiger partial charge in [-0.05, 0) is 25.0 Å². The molecule has 0 atom stereocenters. The van der Waals surface area contributed by atoms with Gasteiger partial charge in [0, 0.05) is 45.4 Å². The van der Waals surface area contributed by atoms with Crippen LogP contribution in [0.1, 0.15) is 12.8 Å². The number of ether oxygens (including phenoxy) is 3. The highest BCUT2D eigenvalue weighted by Crippen LogP contribution is 2.40. The minimum Gasteiger partial charge on any atom is -0.495 e. The fourth-order valence-corrected chi connectivity index (χ4v) is 4.86. The quantitative estimate of drug-likeness (QED) is 0.832. The first-order valence-electron chi connectivity index (χ1n) is 8.88. The van der Waals surface area contributed by atoms with Crippen LogP contribution < -0.4 is 14.4 Å². The van der Waals surface area contributed by atoms with Crippen LogP contribution in [0, 0.1) is 0 Å². The van der Waals surface area contributed by atoms with E-state index < -0.39 is 0 Å². The molecular weight excluding hydrogens is 338 g/mol. The molecule has 0 radical (unpaired) electrons. The van der Waals surface area contributed by atoms with Gasteiger partial charge in [-0.3, -0.25) is 4.90 Å². The SMILES string of the molecule is COc1ccc(OC)c2sc(N3CCN(C4CCOCC4)CC3)nc12. The van der Waals surface area contributed by atoms with Crippen molar-refractivity contribution in [2.75, 3.05) is 58.5 Å². The van der Waals surface area contributed by atoms with Crippen LogP contribution in [0.4, 0.5) is 5.13 Å². The number of anilines is 1. The van der Waals surface area contributed by atoms with Gasteiger partial charge in [0.2, 0.25) is 0 Å². The molecule has 2 saturated heterocycles. The van der Waals surface area contributed by atoms with E-state index in [1.165, 1.54) is 0 Å². The number of thiazole rings is 1. The van der Waals surface area contributed by atoms with Crippen LogP contribution in [0.3, 0.4) is 0 Å². The molecule has 6 nitrogen and oxygen atoms in total. The summed E-state index contributed by atoms with van der Waals surface area (Å²) in [5, 5.41) is 1.06. The second-order valence-electron chi connectivity index (χ2n) is 6.51. The Kier molecular flexibility index (Phi) is 4.96. The zero-order chi connectivity index (χ0) is 17.2. The number of fused-ring (bicyclic) bond motifs is 1. The first-order chi connectivity index (χ1) is 12.3. The molecule has 25 heavy (non-hydrogen) atoms. The summed E-state index contributed by atoms with van der Waals surface area (Å²) in [6, 6.07) is 4.56. The van der Waals surface area contributed by atoms with Crippen molar-refractivity contribution in [3.05, 3.63) is 12.1 Å². The van der Waals surface area contributed by atoms with Gasteiger partial charge < -0.3 is 19.1 Å². The first-order valence-corrected chi connectivity index (χ1v) is 9.70. The Bertz CT molecular complexity index is 681. The van der Waals surface area contributed by atoms with Crippen molar-refractivity contribution in [2.24, 2.45) is 0 Å². The van der Waals surface area contributed by atoms with E-state index in [4.69, 9.17) is 19.2 Å². The van der Waals surface area contributed by atoms with Gasteiger partial charge in [-0.1, -0.05) is 11.3 Å². The summed E-state index contributed by atoms with van der Waals surface area (Å²) in [7, 11) is 3.39. The number of piperazine rings is 1. The number of methoxy groups -OCH3 is 2. The lowest BCUT2D eigenvalue weighted by molar-refractivity contribution is 0.0321. The standard InChI is InChI=1S/C18H25N3O3S/c1-22-14-3-4-15(23-2)17-16(14)19-18(25-17)21-9-7-20(8-10-21)13-5-11-24-12-6-13/h3-4,13H,5-12H2,1-2H3. The van der Waals surface area contributed by atoms with Crippen LogP contribution in [-0.4, -0.2) is 69.5 Å². The van der Waals surface area contributed by atoms with Crippen molar-refractivity contribution in [3.8, 4) is 11.5 Å². The number of hydrogen-bond acceptors (Lipinski definition) is 7. The summed E-state index contributed by atoms with van der Waals surface area (Å²) >= 11 is 1.69. The highest BCUT2D eigenvalue weighted by Gasteiger charge is 2.27. The minimum absolute atomic E-state index is 0.687. The van der Waals surface area contributed by atoms with Crippen molar-refractivity contribution in [3.63, 3.8) is 0 Å². The summed E-state index contributed by atoms with van der Waals surface area (Å²) in [5.74, 6) is 1.67. The number of rotatable bonds is 4. The molecule has 0 spiro atoms. The Morgan fingerprint density at radius 3 is 2.40 bits per heavy atom. The van der Waals surface area contributed by atoms with Crippen molar-refractivity contribution < 1.29 is 14.2 Å². The van der Waals surface area contributed by atoms with Gasteiger partial charge in [0.15, 0.2) is 5.13 Å². The molecule has 0 bridgehead atoms. The van der Waals surface area contributed by atoms with Gasteiger partial charge in [0.25, 0.3) is 0 Å². The van der Waals surface area contributed by atoms with Gasteiger partial charge >= 0.3 is 0 Å². The molecule has 2 fully saturated rings. The van der Waals surface area contributed by atoms with E-state index in [1.807, 2.05) is 12.1 Å². The Balaban J connectivity index is 1.51. The van der Waals surface area contributed by atoms with Crippen LogP contribution in [-0.2, 0) is 4.74 Å². The molecule has 0 saturated carbocycles. The fourth-order valence-electron chi connectivity index (χ4n) is 3.74. The molecule has 3 heterocycles. The molecule has 0 N–H and O–H groups in total. The van der Waals surface area contributed by atoms with Crippen molar-refractivity contribution in [1.29, 1.82) is 0 Å². The molecule has 4 rings (SSSR count). The lowest BCUT2D eigenvalue weighted by Gasteiger charge is -2.40. The minimum atomic E-state index is 0.687. The van der Waals surface area contributed by atoms with Gasteiger partial charge in [-0.15, -0.1) is 0 Å². The number of aromatic nitrogens is 1. The molecular formula is C18H25N3O3S. The smallest absolute Gasteiger partial charge is 0.186 e. The van der Waals surface area contributed by atoms with E-state index in [0.29, 0.717) is 6.04 Å². The largest absolute Gasteiger partial charge is 0.495 e. The lowest BCUT2D eigenvalue weighted by atomic mass is 10.1. The molecule has 2 aromatic rings. The Hall–Kier alpha value is -1.57. The van der Waals surface area contributed by atoms with E-state index in [-0.39, 0.29) is 0 Å². The average Bonchev–Trinajstić information content (AvgIpc) is 3.13. The van der Waals surface area contributed by atoms with Crippen molar-refractivity contribution in [1.82, 2.24) is 9.88 Å². The molecule has 1 aromatic heterocycles. The van der Waals surface area contributed by atoms with Crippen LogP contribution >= 0.6 is 11.3 Å². The predicted molar refractivity (Wildman–Crippen MR) is 100 cm³/mol. The highest BCUT2D eigenvalue weighted by atomic mass is 32.1. The van der Waals surface area contributed by atoms with Crippen LogP contribution in [0.2, 0.25) is 0 Å². The van der Waals surface area contributed by atoms with Crippen molar-refractivity contribution in [2.45, 2.75) is 18.9 Å². The Morgan fingerprint density at radius 2 is 1.72 bits per heavy atom. The van der Waals surface area contributed by atoms with E-state index in [1.54, 1.807) is 25.6 Å². The van der Waals surface area contributed by atoms with E-state index >= 15 is 0 Å². The number of nitrogens with zero attached hydrogens (tertiary/aromatic N) is 3. The second kappa shape index (κ2) is 7.35. The van der Waals surface area contributed by atoms with Gasteiger partial charge in [-0.25, -0.2) is 4.98 Å². The van der Waals surface area contributed by atoms with Gasteiger partial charge in [-0.2, -0.15) is 0 Å². The zero-order valence-corrected chi connectivity index (χ0v) is 15.7. The summed E-state index contributed by atoms with van der Waals surface area (Å²) in [6.07, 6.45) is 2.32. The molecule has 7 heteroatoms. The second-order valence-corrected chi connectivity index (χ2v) is 7.49. The summed E-state index contributed by atoms with van der Waals surface area (Å²) < 4.78 is 17.5. The third-order valence-corrected chi connectivity index (χ3v) is 6.32. The molecule has 0 unspecified atom stereocenters. The summed E-state index contributed by atoms with van der Waals surface area (Å²) in [4.78, 5) is 9.86. The number of benzene rings is 1. The monoisotopic (exact) mass is 363 g/mol. The summed E-state index contributed by atoms with van der Waals surface area (Å²) in [5.41, 5.74) is 0.897. The molecule has 1 aromatic carbocycles. The Morgan fingerprint density at radius 1 is 1.04 bits per heavy atom.